The lowest BCUT2D eigenvalue weighted by molar-refractivity contribution is 0.112. The van der Waals surface area contributed by atoms with Crippen LogP contribution in [0.4, 0.5) is 0 Å². The molecule has 0 fully saturated rings. The summed E-state index contributed by atoms with van der Waals surface area (Å²) in [7, 11) is 0.611. The first-order chi connectivity index (χ1) is 4.93. The minimum atomic E-state index is 0.611. The largest absolute Gasteiger partial charge is 0.333 e. The van der Waals surface area contributed by atoms with E-state index in [0.29, 0.717) is 9.12 Å². The molecular weight excluding hydrogens is 147 g/mol. The third kappa shape index (κ3) is 3.21. The summed E-state index contributed by atoms with van der Waals surface area (Å²) in [6, 6.07) is 9.10. The average Bonchev–Trinajstić information content (AvgIpc) is 2.10. The zero-order chi connectivity index (χ0) is 7.82. The van der Waals surface area contributed by atoms with Gasteiger partial charge in [-0.1, -0.05) is 30.3 Å². The van der Waals surface area contributed by atoms with Crippen LogP contribution in [0.3, 0.4) is 0 Å². The Hall–Kier alpha value is -0.880. The van der Waals surface area contributed by atoms with E-state index in [-0.39, 0.29) is 0 Å². The SMILES string of the molecule is O=Cc1ccccc1.O=[PH3]. The van der Waals surface area contributed by atoms with Crippen LogP contribution in [0.15, 0.2) is 30.3 Å². The Balaban J connectivity index is 0.000000371. The topological polar surface area (TPSA) is 34.1 Å². The number of carbonyl (C=O) groups is 1. The third-order valence-corrected chi connectivity index (χ3v) is 0.936. The molecule has 0 aromatic heterocycles. The molecular formula is C7H9O2P. The quantitative estimate of drug-likeness (QED) is 0.455. The molecule has 0 spiro atoms. The summed E-state index contributed by atoms with van der Waals surface area (Å²) >= 11 is 0. The summed E-state index contributed by atoms with van der Waals surface area (Å²) in [6.07, 6.45) is 0.833. The van der Waals surface area contributed by atoms with Crippen molar-refractivity contribution in [2.75, 3.05) is 0 Å². The molecule has 1 aromatic carbocycles. The molecule has 0 saturated heterocycles. The van der Waals surface area contributed by atoms with Gasteiger partial charge in [0.05, 0.1) is 9.12 Å². The zero-order valence-electron chi connectivity index (χ0n) is 5.49. The van der Waals surface area contributed by atoms with Crippen LogP contribution in [-0.2, 0) is 4.57 Å². The monoisotopic (exact) mass is 156 g/mol. The lowest BCUT2D eigenvalue weighted by Crippen LogP contribution is -1.73. The summed E-state index contributed by atoms with van der Waals surface area (Å²) in [5.74, 6) is 0. The Labute approximate surface area is 61.5 Å². The van der Waals surface area contributed by atoms with Crippen molar-refractivity contribution in [2.45, 2.75) is 0 Å². The van der Waals surface area contributed by atoms with Gasteiger partial charge < -0.3 is 4.57 Å². The number of hydrogen-bond donors (Lipinski definition) is 0. The standard InChI is InChI=1S/C7H6O.H3OP/c8-6-7-4-2-1-3-5-7;1-2/h1-6H;2H3. The van der Waals surface area contributed by atoms with E-state index in [2.05, 4.69) is 0 Å². The van der Waals surface area contributed by atoms with Crippen LogP contribution in [0, 0.1) is 0 Å². The second-order valence-corrected chi connectivity index (χ2v) is 1.53. The van der Waals surface area contributed by atoms with Crippen molar-refractivity contribution in [2.24, 2.45) is 0 Å². The van der Waals surface area contributed by atoms with E-state index in [1.54, 1.807) is 12.1 Å². The van der Waals surface area contributed by atoms with Gasteiger partial charge in [0.15, 0.2) is 0 Å². The van der Waals surface area contributed by atoms with E-state index in [1.165, 1.54) is 0 Å². The van der Waals surface area contributed by atoms with Crippen molar-refractivity contribution in [1.29, 1.82) is 0 Å². The Morgan fingerprint density at radius 3 is 1.90 bits per heavy atom. The summed E-state index contributed by atoms with van der Waals surface area (Å²) in [5, 5.41) is 0. The van der Waals surface area contributed by atoms with Gasteiger partial charge in [-0.15, -0.1) is 0 Å². The maximum Gasteiger partial charge on any atom is 0.150 e. The molecule has 0 N–H and O–H groups in total. The first-order valence-electron chi connectivity index (χ1n) is 2.72. The van der Waals surface area contributed by atoms with Gasteiger partial charge in [0, 0.05) is 5.56 Å². The van der Waals surface area contributed by atoms with Gasteiger partial charge in [-0.05, 0) is 0 Å². The number of hydrogen-bond acceptors (Lipinski definition) is 2. The Morgan fingerprint density at radius 2 is 1.60 bits per heavy atom. The number of aldehydes is 1. The van der Waals surface area contributed by atoms with Crippen LogP contribution in [0.1, 0.15) is 10.4 Å². The second-order valence-electron chi connectivity index (χ2n) is 1.53. The van der Waals surface area contributed by atoms with Crippen molar-refractivity contribution < 1.29 is 9.36 Å². The fraction of sp³-hybridized carbons (Fsp3) is 0. The predicted octanol–water partition coefficient (Wildman–Crippen LogP) is 1.44. The van der Waals surface area contributed by atoms with Gasteiger partial charge in [0.1, 0.15) is 6.29 Å². The molecule has 54 valence electrons. The van der Waals surface area contributed by atoms with Gasteiger partial charge in [0.25, 0.3) is 0 Å². The van der Waals surface area contributed by atoms with Crippen molar-refractivity contribution in [3.8, 4) is 0 Å². The fourth-order valence-corrected chi connectivity index (χ4v) is 0.532. The van der Waals surface area contributed by atoms with Gasteiger partial charge in [-0.2, -0.15) is 0 Å². The van der Waals surface area contributed by atoms with Crippen LogP contribution in [0.25, 0.3) is 0 Å². The first kappa shape index (κ1) is 9.12. The number of rotatable bonds is 1. The highest BCUT2D eigenvalue weighted by Crippen LogP contribution is 1.91. The van der Waals surface area contributed by atoms with Gasteiger partial charge in [-0.3, -0.25) is 4.79 Å². The summed E-state index contributed by atoms with van der Waals surface area (Å²) in [5.41, 5.74) is 0.729. The van der Waals surface area contributed by atoms with E-state index >= 15 is 0 Å². The lowest BCUT2D eigenvalue weighted by Gasteiger charge is -1.81. The molecule has 0 bridgehead atoms. The molecule has 0 amide bonds. The number of carbonyl (C=O) groups excluding carboxylic acids is 1. The van der Waals surface area contributed by atoms with Crippen LogP contribution < -0.4 is 0 Å². The summed E-state index contributed by atoms with van der Waals surface area (Å²) in [4.78, 5) is 10.0. The normalized spacial score (nSPS) is 7.60. The molecule has 0 aliphatic rings. The van der Waals surface area contributed by atoms with Crippen LogP contribution in [0.2, 0.25) is 0 Å². The second kappa shape index (κ2) is 6.24. The number of benzene rings is 1. The molecule has 3 heteroatoms. The lowest BCUT2D eigenvalue weighted by atomic mass is 10.2. The zero-order valence-corrected chi connectivity index (χ0v) is 6.90. The molecule has 10 heavy (non-hydrogen) atoms. The molecule has 1 rings (SSSR count). The Kier molecular flexibility index (Phi) is 5.69. The molecule has 1 aromatic rings. The molecule has 1 atom stereocenters. The predicted molar refractivity (Wildman–Crippen MR) is 43.6 cm³/mol. The minimum Gasteiger partial charge on any atom is -0.333 e. The fourth-order valence-electron chi connectivity index (χ4n) is 0.532. The highest BCUT2D eigenvalue weighted by atomic mass is 31.0. The van der Waals surface area contributed by atoms with Crippen molar-refractivity contribution in [1.82, 2.24) is 0 Å². The van der Waals surface area contributed by atoms with Crippen molar-refractivity contribution >= 4 is 15.4 Å². The van der Waals surface area contributed by atoms with Crippen molar-refractivity contribution in [3.05, 3.63) is 35.9 Å². The molecule has 0 aliphatic heterocycles. The van der Waals surface area contributed by atoms with Crippen LogP contribution in [-0.4, -0.2) is 6.29 Å². The summed E-state index contributed by atoms with van der Waals surface area (Å²) in [6.45, 7) is 0. The molecule has 2 nitrogen and oxygen atoms in total. The highest BCUT2D eigenvalue weighted by Gasteiger charge is 1.79. The third-order valence-electron chi connectivity index (χ3n) is 0.936. The van der Waals surface area contributed by atoms with Crippen molar-refractivity contribution in [3.63, 3.8) is 0 Å². The van der Waals surface area contributed by atoms with Gasteiger partial charge in [-0.25, -0.2) is 0 Å². The van der Waals surface area contributed by atoms with Gasteiger partial charge >= 0.3 is 0 Å². The Bertz CT molecular complexity index is 186. The Morgan fingerprint density at radius 1 is 1.10 bits per heavy atom. The molecule has 0 saturated carbocycles. The van der Waals surface area contributed by atoms with Crippen LogP contribution >= 0.6 is 9.12 Å². The molecule has 0 aliphatic carbocycles. The van der Waals surface area contributed by atoms with Crippen LogP contribution in [0.5, 0.6) is 0 Å². The molecule has 0 radical (unpaired) electrons. The minimum absolute atomic E-state index is 0.611. The highest BCUT2D eigenvalue weighted by molar-refractivity contribution is 7.00. The van der Waals surface area contributed by atoms with E-state index < -0.39 is 0 Å². The molecule has 0 heterocycles. The smallest absolute Gasteiger partial charge is 0.150 e. The summed E-state index contributed by atoms with van der Waals surface area (Å²) < 4.78 is 8.28. The maximum absolute atomic E-state index is 10.0. The maximum atomic E-state index is 10.0. The van der Waals surface area contributed by atoms with E-state index in [9.17, 15) is 4.79 Å². The van der Waals surface area contributed by atoms with E-state index in [4.69, 9.17) is 4.57 Å². The first-order valence-corrected chi connectivity index (χ1v) is 3.30. The van der Waals surface area contributed by atoms with E-state index in [1.807, 2.05) is 18.2 Å². The average molecular weight is 156 g/mol. The van der Waals surface area contributed by atoms with Gasteiger partial charge in [0.2, 0.25) is 0 Å². The molecule has 1 unspecified atom stereocenters. The van der Waals surface area contributed by atoms with E-state index in [0.717, 1.165) is 11.8 Å².